The van der Waals surface area contributed by atoms with Crippen LogP contribution in [0.25, 0.3) is 11.0 Å². The number of amides is 1. The van der Waals surface area contributed by atoms with Crippen LogP contribution in [0.3, 0.4) is 0 Å². The van der Waals surface area contributed by atoms with Crippen molar-refractivity contribution in [3.8, 4) is 0 Å². The topological polar surface area (TPSA) is 61.0 Å². The molecule has 0 radical (unpaired) electrons. The summed E-state index contributed by atoms with van der Waals surface area (Å²) < 4.78 is 0. The van der Waals surface area contributed by atoms with Crippen molar-refractivity contribution in [3.05, 3.63) is 65.5 Å². The van der Waals surface area contributed by atoms with Gasteiger partial charge < -0.3 is 10.3 Å². The molecule has 1 unspecified atom stereocenters. The van der Waals surface area contributed by atoms with E-state index in [0.717, 1.165) is 23.4 Å². The van der Waals surface area contributed by atoms with Gasteiger partial charge in [-0.25, -0.2) is 4.98 Å². The lowest BCUT2D eigenvalue weighted by Crippen LogP contribution is -2.37. The van der Waals surface area contributed by atoms with Crippen LogP contribution in [0.15, 0.2) is 48.5 Å². The Balaban J connectivity index is 1.30. The highest BCUT2D eigenvalue weighted by molar-refractivity contribution is 5.77. The van der Waals surface area contributed by atoms with Gasteiger partial charge >= 0.3 is 0 Å². The second-order valence-corrected chi connectivity index (χ2v) is 8.06. The molecule has 0 aliphatic carbocycles. The van der Waals surface area contributed by atoms with Crippen LogP contribution in [0.1, 0.15) is 49.6 Å². The maximum atomic E-state index is 12.4. The Morgan fingerprint density at radius 1 is 1.14 bits per heavy atom. The third-order valence-electron chi connectivity index (χ3n) is 5.94. The van der Waals surface area contributed by atoms with Gasteiger partial charge in [-0.15, -0.1) is 0 Å². The van der Waals surface area contributed by atoms with Crippen molar-refractivity contribution in [3.63, 3.8) is 0 Å². The molecule has 152 valence electrons. The number of H-pyrrole nitrogens is 1. The molecule has 29 heavy (non-hydrogen) atoms. The van der Waals surface area contributed by atoms with Crippen LogP contribution in [-0.2, 0) is 24.3 Å². The van der Waals surface area contributed by atoms with E-state index in [1.807, 2.05) is 24.3 Å². The summed E-state index contributed by atoms with van der Waals surface area (Å²) in [6, 6.07) is 17.1. The fourth-order valence-electron chi connectivity index (χ4n) is 4.13. The smallest absolute Gasteiger partial charge is 0.220 e. The Labute approximate surface area is 172 Å². The van der Waals surface area contributed by atoms with Crippen LogP contribution in [-0.4, -0.2) is 33.4 Å². The number of aromatic amines is 1. The molecule has 1 amide bonds. The summed E-state index contributed by atoms with van der Waals surface area (Å²) in [7, 11) is 0. The minimum atomic E-state index is 0.0617. The number of nitrogens with zero attached hydrogens (tertiary/aromatic N) is 2. The lowest BCUT2D eigenvalue weighted by atomic mass is 10.0. The molecule has 0 bridgehead atoms. The van der Waals surface area contributed by atoms with Crippen LogP contribution in [0.4, 0.5) is 0 Å². The lowest BCUT2D eigenvalue weighted by Gasteiger charge is -2.33. The number of carbonyl (C=O) groups excluding carboxylic acids is 1. The third kappa shape index (κ3) is 5.04. The third-order valence-corrected chi connectivity index (χ3v) is 5.94. The summed E-state index contributed by atoms with van der Waals surface area (Å²) >= 11 is 0. The summed E-state index contributed by atoms with van der Waals surface area (Å²) in [5.74, 6) is 0.924. The number of likely N-dealkylation sites (tertiary alicyclic amines) is 1. The number of hydrogen-bond acceptors (Lipinski definition) is 3. The Bertz CT molecular complexity index is 931. The van der Waals surface area contributed by atoms with E-state index >= 15 is 0 Å². The number of aryl methyl sites for hydroxylation is 1. The number of fused-ring (bicyclic) bond motifs is 1. The van der Waals surface area contributed by atoms with Gasteiger partial charge in [0.25, 0.3) is 0 Å². The number of piperidine rings is 1. The molecule has 1 saturated heterocycles. The van der Waals surface area contributed by atoms with Gasteiger partial charge in [0, 0.05) is 32.0 Å². The van der Waals surface area contributed by atoms with Gasteiger partial charge in [0.05, 0.1) is 11.0 Å². The normalized spacial score (nSPS) is 17.5. The van der Waals surface area contributed by atoms with Gasteiger partial charge in [-0.1, -0.05) is 42.8 Å². The van der Waals surface area contributed by atoms with Crippen molar-refractivity contribution in [1.82, 2.24) is 20.2 Å². The average molecular weight is 391 g/mol. The zero-order valence-electron chi connectivity index (χ0n) is 17.2. The van der Waals surface area contributed by atoms with Crippen LogP contribution in [0, 0.1) is 0 Å². The highest BCUT2D eigenvalue weighted by Gasteiger charge is 2.19. The summed E-state index contributed by atoms with van der Waals surface area (Å²) in [6.45, 7) is 5.03. The minimum absolute atomic E-state index is 0.0617. The van der Waals surface area contributed by atoms with Crippen molar-refractivity contribution in [2.75, 3.05) is 6.54 Å². The Kier molecular flexibility index (Phi) is 6.25. The van der Waals surface area contributed by atoms with Gasteiger partial charge in [-0.3, -0.25) is 9.69 Å². The predicted octanol–water partition coefficient (Wildman–Crippen LogP) is 4.19. The van der Waals surface area contributed by atoms with Crippen molar-refractivity contribution < 1.29 is 4.79 Å². The summed E-state index contributed by atoms with van der Waals surface area (Å²) in [5, 5.41) is 3.09. The molecule has 2 aromatic carbocycles. The molecular formula is C24H30N4O. The van der Waals surface area contributed by atoms with E-state index in [1.54, 1.807) is 0 Å². The standard InChI is InChI=1S/C24H30N4O/c1-18-8-6-7-15-28(18)17-20-10-3-2-9-19(20)16-25-24(29)14-13-23-26-21-11-4-5-12-22(21)27-23/h2-5,9-12,18H,6-8,13-17H2,1H3,(H,25,29)(H,26,27). The quantitative estimate of drug-likeness (QED) is 0.636. The first-order valence-corrected chi connectivity index (χ1v) is 10.7. The number of aromatic nitrogens is 2. The first kappa shape index (κ1) is 19.6. The molecule has 1 atom stereocenters. The van der Waals surface area contributed by atoms with E-state index in [9.17, 15) is 4.79 Å². The van der Waals surface area contributed by atoms with E-state index in [2.05, 4.69) is 51.4 Å². The first-order chi connectivity index (χ1) is 14.2. The molecule has 3 aromatic rings. The fourth-order valence-corrected chi connectivity index (χ4v) is 4.13. The molecule has 1 aromatic heterocycles. The number of para-hydroxylation sites is 2. The van der Waals surface area contributed by atoms with E-state index in [4.69, 9.17) is 0 Å². The zero-order chi connectivity index (χ0) is 20.1. The van der Waals surface area contributed by atoms with E-state index in [-0.39, 0.29) is 5.91 Å². The number of nitrogens with one attached hydrogen (secondary N) is 2. The van der Waals surface area contributed by atoms with Gasteiger partial charge in [0.15, 0.2) is 0 Å². The summed E-state index contributed by atoms with van der Waals surface area (Å²) in [5.41, 5.74) is 4.49. The molecule has 1 fully saturated rings. The fraction of sp³-hybridized carbons (Fsp3) is 0.417. The SMILES string of the molecule is CC1CCCCN1Cc1ccccc1CNC(=O)CCc1nc2ccccc2[nH]1. The monoisotopic (exact) mass is 390 g/mol. The van der Waals surface area contributed by atoms with E-state index < -0.39 is 0 Å². The molecule has 2 N–H and O–H groups in total. The molecule has 5 heteroatoms. The van der Waals surface area contributed by atoms with Crippen LogP contribution in [0.2, 0.25) is 0 Å². The van der Waals surface area contributed by atoms with Crippen LogP contribution in [0.5, 0.6) is 0 Å². The largest absolute Gasteiger partial charge is 0.352 e. The van der Waals surface area contributed by atoms with Gasteiger partial charge in [-0.2, -0.15) is 0 Å². The van der Waals surface area contributed by atoms with Gasteiger partial charge in [0.1, 0.15) is 5.82 Å². The molecule has 5 nitrogen and oxygen atoms in total. The molecule has 2 heterocycles. The van der Waals surface area contributed by atoms with Crippen LogP contribution >= 0.6 is 0 Å². The molecular weight excluding hydrogens is 360 g/mol. The molecule has 4 rings (SSSR count). The zero-order valence-corrected chi connectivity index (χ0v) is 17.2. The molecule has 1 aliphatic rings. The second-order valence-electron chi connectivity index (χ2n) is 8.06. The maximum Gasteiger partial charge on any atom is 0.220 e. The van der Waals surface area contributed by atoms with Gasteiger partial charge in [-0.05, 0) is 49.6 Å². The molecule has 0 saturated carbocycles. The number of hydrogen-bond donors (Lipinski definition) is 2. The Morgan fingerprint density at radius 2 is 1.93 bits per heavy atom. The number of carbonyl (C=O) groups is 1. The highest BCUT2D eigenvalue weighted by atomic mass is 16.1. The number of imidazole rings is 1. The van der Waals surface area contributed by atoms with Gasteiger partial charge in [0.2, 0.25) is 5.91 Å². The highest BCUT2D eigenvalue weighted by Crippen LogP contribution is 2.21. The lowest BCUT2D eigenvalue weighted by molar-refractivity contribution is -0.121. The molecule has 0 spiro atoms. The predicted molar refractivity (Wildman–Crippen MR) is 116 cm³/mol. The Morgan fingerprint density at radius 3 is 2.76 bits per heavy atom. The summed E-state index contributed by atoms with van der Waals surface area (Å²) in [6.07, 6.45) is 4.95. The minimum Gasteiger partial charge on any atom is -0.352 e. The van der Waals surface area contributed by atoms with E-state index in [1.165, 1.54) is 36.9 Å². The van der Waals surface area contributed by atoms with Crippen LogP contribution < -0.4 is 5.32 Å². The van der Waals surface area contributed by atoms with E-state index in [0.29, 0.717) is 25.4 Å². The number of rotatable bonds is 7. The van der Waals surface area contributed by atoms with Crippen molar-refractivity contribution in [2.24, 2.45) is 0 Å². The summed E-state index contributed by atoms with van der Waals surface area (Å²) in [4.78, 5) is 22.8. The Hall–Kier alpha value is -2.66. The van der Waals surface area contributed by atoms with Crippen molar-refractivity contribution in [1.29, 1.82) is 0 Å². The molecule has 1 aliphatic heterocycles. The van der Waals surface area contributed by atoms with Crippen molar-refractivity contribution >= 4 is 16.9 Å². The average Bonchev–Trinajstić information content (AvgIpc) is 3.16. The first-order valence-electron chi connectivity index (χ1n) is 10.7. The number of benzene rings is 2. The maximum absolute atomic E-state index is 12.4. The van der Waals surface area contributed by atoms with Crippen molar-refractivity contribution in [2.45, 2.75) is 58.2 Å². The second kappa shape index (κ2) is 9.23.